The van der Waals surface area contributed by atoms with Crippen molar-refractivity contribution in [2.24, 2.45) is 0 Å². The summed E-state index contributed by atoms with van der Waals surface area (Å²) in [4.78, 5) is 19.3. The van der Waals surface area contributed by atoms with Gasteiger partial charge in [0.15, 0.2) is 5.13 Å². The van der Waals surface area contributed by atoms with Crippen LogP contribution >= 0.6 is 11.3 Å². The van der Waals surface area contributed by atoms with Gasteiger partial charge >= 0.3 is 5.97 Å². The van der Waals surface area contributed by atoms with Crippen LogP contribution < -0.4 is 4.90 Å². The first kappa shape index (κ1) is 16.3. The zero-order valence-electron chi connectivity index (χ0n) is 13.5. The summed E-state index contributed by atoms with van der Waals surface area (Å²) < 4.78 is 0. The van der Waals surface area contributed by atoms with Crippen molar-refractivity contribution in [1.82, 2.24) is 4.98 Å². The Morgan fingerprint density at radius 1 is 1.43 bits per heavy atom. The second-order valence-corrected chi connectivity index (χ2v) is 8.01. The van der Waals surface area contributed by atoms with Crippen LogP contribution in [0.15, 0.2) is 0 Å². The van der Waals surface area contributed by atoms with E-state index in [0.717, 1.165) is 22.2 Å². The van der Waals surface area contributed by atoms with Gasteiger partial charge in [-0.15, -0.1) is 11.3 Å². The predicted molar refractivity (Wildman–Crippen MR) is 87.4 cm³/mol. The molecule has 0 radical (unpaired) electrons. The van der Waals surface area contributed by atoms with Crippen molar-refractivity contribution >= 4 is 22.4 Å². The summed E-state index contributed by atoms with van der Waals surface area (Å²) in [5.74, 6) is -0.740. The molecule has 4 nitrogen and oxygen atoms in total. The molecule has 5 heteroatoms. The van der Waals surface area contributed by atoms with Gasteiger partial charge in [0.2, 0.25) is 0 Å². The number of nitrogens with zero attached hydrogens (tertiary/aromatic N) is 2. The molecule has 0 bridgehead atoms. The number of rotatable bonds is 4. The lowest BCUT2D eigenvalue weighted by atomic mass is 9.90. The lowest BCUT2D eigenvalue weighted by Gasteiger charge is -2.33. The van der Waals surface area contributed by atoms with Crippen LogP contribution in [0.3, 0.4) is 0 Å². The number of thiazole rings is 1. The molecule has 1 saturated heterocycles. The fraction of sp³-hybridized carbons (Fsp3) is 0.750. The van der Waals surface area contributed by atoms with E-state index in [-0.39, 0.29) is 11.8 Å². The molecular weight excluding hydrogens is 284 g/mol. The molecule has 1 aromatic heterocycles. The third-order valence-corrected chi connectivity index (χ3v) is 5.16. The third kappa shape index (κ3) is 3.96. The van der Waals surface area contributed by atoms with Gasteiger partial charge in [-0.05, 0) is 32.6 Å². The van der Waals surface area contributed by atoms with E-state index in [1.54, 1.807) is 11.3 Å². The van der Waals surface area contributed by atoms with Gasteiger partial charge in [0.05, 0.1) is 12.1 Å². The smallest absolute Gasteiger partial charge is 0.303 e. The highest BCUT2D eigenvalue weighted by molar-refractivity contribution is 7.15. The summed E-state index contributed by atoms with van der Waals surface area (Å²) in [7, 11) is 0. The number of aliphatic carboxylic acids is 1. The lowest BCUT2D eigenvalue weighted by Crippen LogP contribution is -2.37. The van der Waals surface area contributed by atoms with Crippen molar-refractivity contribution in [3.8, 4) is 0 Å². The Labute approximate surface area is 131 Å². The number of anilines is 1. The maximum Gasteiger partial charge on any atom is 0.303 e. The molecule has 0 aromatic carbocycles. The molecule has 0 spiro atoms. The van der Waals surface area contributed by atoms with Crippen LogP contribution in [0.5, 0.6) is 0 Å². The quantitative estimate of drug-likeness (QED) is 0.918. The highest BCUT2D eigenvalue weighted by atomic mass is 32.1. The second-order valence-electron chi connectivity index (χ2n) is 6.95. The number of aromatic nitrogens is 1. The van der Waals surface area contributed by atoms with Crippen molar-refractivity contribution < 1.29 is 9.90 Å². The highest BCUT2D eigenvalue weighted by Crippen LogP contribution is 2.36. The Kier molecular flexibility index (Phi) is 4.91. The first-order valence-electron chi connectivity index (χ1n) is 7.77. The predicted octanol–water partition coefficient (Wildman–Crippen LogP) is 3.84. The summed E-state index contributed by atoms with van der Waals surface area (Å²) in [6.07, 6.45) is 4.50. The Balaban J connectivity index is 2.28. The average molecular weight is 310 g/mol. The summed E-state index contributed by atoms with van der Waals surface area (Å²) in [5, 5.41) is 10.0. The van der Waals surface area contributed by atoms with Gasteiger partial charge in [0.1, 0.15) is 0 Å². The first-order chi connectivity index (χ1) is 9.79. The Hall–Kier alpha value is -1.10. The fourth-order valence-corrected chi connectivity index (χ4v) is 4.22. The van der Waals surface area contributed by atoms with E-state index in [1.807, 2.05) is 0 Å². The summed E-state index contributed by atoms with van der Waals surface area (Å²) in [6, 6.07) is 0.532. The fourth-order valence-electron chi connectivity index (χ4n) is 2.82. The minimum absolute atomic E-state index is 0.0401. The van der Waals surface area contributed by atoms with Crippen LogP contribution in [-0.2, 0) is 16.6 Å². The molecule has 1 unspecified atom stereocenters. The molecule has 118 valence electrons. The Bertz CT molecular complexity index is 505. The van der Waals surface area contributed by atoms with E-state index < -0.39 is 5.97 Å². The van der Waals surface area contributed by atoms with Crippen LogP contribution in [-0.4, -0.2) is 28.6 Å². The van der Waals surface area contributed by atoms with Crippen molar-refractivity contribution in [3.05, 3.63) is 10.6 Å². The topological polar surface area (TPSA) is 53.4 Å². The van der Waals surface area contributed by atoms with E-state index in [9.17, 15) is 4.79 Å². The normalized spacial score (nSPS) is 19.8. The van der Waals surface area contributed by atoms with Crippen molar-refractivity contribution in [2.45, 2.75) is 71.3 Å². The number of aryl methyl sites for hydroxylation is 1. The number of hydrogen-bond donors (Lipinski definition) is 1. The minimum atomic E-state index is -0.740. The standard InChI is InChI=1S/C16H26N2O2S/c1-11-7-5-6-10-18(11)15-17-14(16(2,3)4)12(21-15)8-9-13(19)20/h11H,5-10H2,1-4H3,(H,19,20). The van der Waals surface area contributed by atoms with E-state index in [1.165, 1.54) is 19.3 Å². The van der Waals surface area contributed by atoms with Gasteiger partial charge in [-0.3, -0.25) is 4.79 Å². The molecule has 0 saturated carbocycles. The van der Waals surface area contributed by atoms with E-state index in [0.29, 0.717) is 12.5 Å². The van der Waals surface area contributed by atoms with Crippen LogP contribution in [0.25, 0.3) is 0 Å². The zero-order valence-corrected chi connectivity index (χ0v) is 14.3. The summed E-state index contributed by atoms with van der Waals surface area (Å²) in [5.41, 5.74) is 1.03. The highest BCUT2D eigenvalue weighted by Gasteiger charge is 2.27. The van der Waals surface area contributed by atoms with Gasteiger partial charge < -0.3 is 10.0 Å². The number of piperidine rings is 1. The maximum absolute atomic E-state index is 10.9. The van der Waals surface area contributed by atoms with Crippen LogP contribution in [0, 0.1) is 0 Å². The number of carboxylic acid groups (broad SMARTS) is 1. The Morgan fingerprint density at radius 3 is 2.71 bits per heavy atom. The summed E-state index contributed by atoms with van der Waals surface area (Å²) in [6.45, 7) is 9.77. The second kappa shape index (κ2) is 6.34. The molecule has 0 amide bonds. The molecule has 2 rings (SSSR count). The number of carboxylic acids is 1. The van der Waals surface area contributed by atoms with Gasteiger partial charge in [0, 0.05) is 22.9 Å². The van der Waals surface area contributed by atoms with Gasteiger partial charge in [0.25, 0.3) is 0 Å². The largest absolute Gasteiger partial charge is 0.481 e. The maximum atomic E-state index is 10.9. The molecule has 1 aliphatic heterocycles. The monoisotopic (exact) mass is 310 g/mol. The minimum Gasteiger partial charge on any atom is -0.481 e. The van der Waals surface area contributed by atoms with Crippen molar-refractivity contribution in [1.29, 1.82) is 0 Å². The number of hydrogen-bond acceptors (Lipinski definition) is 4. The van der Waals surface area contributed by atoms with Gasteiger partial charge in [-0.1, -0.05) is 20.8 Å². The molecule has 1 fully saturated rings. The Morgan fingerprint density at radius 2 is 2.14 bits per heavy atom. The lowest BCUT2D eigenvalue weighted by molar-refractivity contribution is -0.136. The molecule has 1 aromatic rings. The van der Waals surface area contributed by atoms with Crippen LogP contribution in [0.2, 0.25) is 0 Å². The van der Waals surface area contributed by atoms with Gasteiger partial charge in [-0.25, -0.2) is 4.98 Å². The average Bonchev–Trinajstić information content (AvgIpc) is 2.81. The zero-order chi connectivity index (χ0) is 15.6. The SMILES string of the molecule is CC1CCCCN1c1nc(C(C)(C)C)c(CCC(=O)O)s1. The van der Waals surface area contributed by atoms with E-state index in [2.05, 4.69) is 32.6 Å². The summed E-state index contributed by atoms with van der Waals surface area (Å²) >= 11 is 1.69. The molecule has 1 atom stereocenters. The third-order valence-electron chi connectivity index (χ3n) is 4.01. The molecule has 0 aliphatic carbocycles. The molecule has 1 aliphatic rings. The molecule has 21 heavy (non-hydrogen) atoms. The molecule has 2 heterocycles. The first-order valence-corrected chi connectivity index (χ1v) is 8.59. The molecular formula is C16H26N2O2S. The number of carbonyl (C=O) groups is 1. The van der Waals surface area contributed by atoms with E-state index >= 15 is 0 Å². The van der Waals surface area contributed by atoms with Crippen LogP contribution in [0.1, 0.15) is 63.9 Å². The van der Waals surface area contributed by atoms with Gasteiger partial charge in [-0.2, -0.15) is 0 Å². The molecule has 1 N–H and O–H groups in total. The van der Waals surface area contributed by atoms with Crippen molar-refractivity contribution in [2.75, 3.05) is 11.4 Å². The van der Waals surface area contributed by atoms with E-state index in [4.69, 9.17) is 10.1 Å². The van der Waals surface area contributed by atoms with Crippen molar-refractivity contribution in [3.63, 3.8) is 0 Å². The van der Waals surface area contributed by atoms with Crippen LogP contribution in [0.4, 0.5) is 5.13 Å².